The molecule has 0 radical (unpaired) electrons. The number of carbonyl (C=O) groups excluding carboxylic acids is 3. The second-order valence-corrected chi connectivity index (χ2v) is 6.79. The SMILES string of the molecule is COC(=O)CC(NC(=O)c1cc(C(=O)OC)cc([N+](=O)[O-])c1)c1ccc(Br)cc1. The molecule has 0 saturated carbocycles. The predicted octanol–water partition coefficient (Wildman–Crippen LogP) is 3.18. The maximum absolute atomic E-state index is 12.8. The average Bonchev–Trinajstić information content (AvgIpc) is 2.72. The van der Waals surface area contributed by atoms with E-state index in [4.69, 9.17) is 0 Å². The van der Waals surface area contributed by atoms with Crippen LogP contribution in [-0.4, -0.2) is 37.0 Å². The molecule has 0 aliphatic rings. The topological polar surface area (TPSA) is 125 Å². The fourth-order valence-corrected chi connectivity index (χ4v) is 2.79. The molecule has 0 saturated heterocycles. The van der Waals surface area contributed by atoms with Gasteiger partial charge in [0.1, 0.15) is 0 Å². The lowest BCUT2D eigenvalue weighted by Gasteiger charge is -2.18. The summed E-state index contributed by atoms with van der Waals surface area (Å²) < 4.78 is 10.1. The zero-order valence-electron chi connectivity index (χ0n) is 15.5. The number of hydrogen-bond donors (Lipinski definition) is 1. The molecule has 29 heavy (non-hydrogen) atoms. The maximum Gasteiger partial charge on any atom is 0.338 e. The third-order valence-electron chi connectivity index (χ3n) is 3.99. The summed E-state index contributed by atoms with van der Waals surface area (Å²) in [6.07, 6.45) is -0.150. The molecular formula is C19H17BrN2O7. The van der Waals surface area contributed by atoms with E-state index >= 15 is 0 Å². The molecule has 2 aromatic rings. The number of rotatable bonds is 7. The summed E-state index contributed by atoms with van der Waals surface area (Å²) in [6, 6.07) is 9.41. The zero-order valence-corrected chi connectivity index (χ0v) is 17.1. The molecule has 2 aromatic carbocycles. The zero-order chi connectivity index (χ0) is 21.6. The van der Waals surface area contributed by atoms with Gasteiger partial charge in [0.05, 0.1) is 37.2 Å². The summed E-state index contributed by atoms with van der Waals surface area (Å²) in [5.74, 6) is -2.06. The van der Waals surface area contributed by atoms with Crippen molar-refractivity contribution in [2.45, 2.75) is 12.5 Å². The first-order valence-corrected chi connectivity index (χ1v) is 9.05. The van der Waals surface area contributed by atoms with Crippen LogP contribution in [0.2, 0.25) is 0 Å². The molecule has 0 aliphatic heterocycles. The molecule has 2 rings (SSSR count). The number of carbonyl (C=O) groups is 3. The number of nitrogens with one attached hydrogen (secondary N) is 1. The van der Waals surface area contributed by atoms with E-state index in [1.54, 1.807) is 24.3 Å². The number of amides is 1. The monoisotopic (exact) mass is 464 g/mol. The Bertz CT molecular complexity index is 944. The maximum atomic E-state index is 12.8. The van der Waals surface area contributed by atoms with Gasteiger partial charge in [-0.3, -0.25) is 19.7 Å². The number of nitro groups is 1. The predicted molar refractivity (Wildman–Crippen MR) is 105 cm³/mol. The molecule has 152 valence electrons. The highest BCUT2D eigenvalue weighted by molar-refractivity contribution is 9.10. The van der Waals surface area contributed by atoms with Crippen LogP contribution in [-0.2, 0) is 14.3 Å². The Balaban J connectivity index is 2.38. The minimum Gasteiger partial charge on any atom is -0.469 e. The second-order valence-electron chi connectivity index (χ2n) is 5.88. The molecule has 1 amide bonds. The molecule has 0 bridgehead atoms. The van der Waals surface area contributed by atoms with Gasteiger partial charge in [0, 0.05) is 22.2 Å². The summed E-state index contributed by atoms with van der Waals surface area (Å²) >= 11 is 3.31. The van der Waals surface area contributed by atoms with Gasteiger partial charge in [-0.2, -0.15) is 0 Å². The fourth-order valence-electron chi connectivity index (χ4n) is 2.52. The van der Waals surface area contributed by atoms with Crippen molar-refractivity contribution in [1.29, 1.82) is 0 Å². The summed E-state index contributed by atoms with van der Waals surface area (Å²) in [5.41, 5.74) is -0.0663. The van der Waals surface area contributed by atoms with Crippen LogP contribution in [0.3, 0.4) is 0 Å². The Morgan fingerprint density at radius 3 is 2.24 bits per heavy atom. The van der Waals surface area contributed by atoms with Gasteiger partial charge in [-0.1, -0.05) is 28.1 Å². The standard InChI is InChI=1S/C19H17BrN2O7/c1-28-17(23)10-16(11-3-5-14(20)6-4-11)21-18(24)12-7-13(19(25)29-2)9-15(8-12)22(26)27/h3-9,16H,10H2,1-2H3,(H,21,24). The van der Waals surface area contributed by atoms with Crippen LogP contribution in [0.5, 0.6) is 0 Å². The Morgan fingerprint density at radius 2 is 1.69 bits per heavy atom. The highest BCUT2D eigenvalue weighted by atomic mass is 79.9. The lowest BCUT2D eigenvalue weighted by molar-refractivity contribution is -0.384. The smallest absolute Gasteiger partial charge is 0.338 e. The molecule has 10 heteroatoms. The van der Waals surface area contributed by atoms with Gasteiger partial charge in [-0.05, 0) is 23.8 Å². The van der Waals surface area contributed by atoms with Crippen LogP contribution in [0, 0.1) is 10.1 Å². The van der Waals surface area contributed by atoms with Gasteiger partial charge in [0.25, 0.3) is 11.6 Å². The van der Waals surface area contributed by atoms with Crippen molar-refractivity contribution in [2.75, 3.05) is 14.2 Å². The second kappa shape index (κ2) is 9.78. The van der Waals surface area contributed by atoms with E-state index in [9.17, 15) is 24.5 Å². The van der Waals surface area contributed by atoms with Crippen molar-refractivity contribution in [3.63, 3.8) is 0 Å². The van der Waals surface area contributed by atoms with E-state index < -0.39 is 34.5 Å². The number of non-ortho nitro benzene ring substituents is 1. The van der Waals surface area contributed by atoms with Crippen molar-refractivity contribution in [1.82, 2.24) is 5.32 Å². The summed E-state index contributed by atoms with van der Waals surface area (Å²) in [6.45, 7) is 0. The number of ether oxygens (including phenoxy) is 2. The third-order valence-corrected chi connectivity index (χ3v) is 4.52. The Hall–Kier alpha value is -3.27. The van der Waals surface area contributed by atoms with Crippen LogP contribution in [0.4, 0.5) is 5.69 Å². The highest BCUT2D eigenvalue weighted by Gasteiger charge is 2.23. The number of methoxy groups -OCH3 is 2. The minimum atomic E-state index is -0.818. The van der Waals surface area contributed by atoms with E-state index in [0.29, 0.717) is 5.56 Å². The lowest BCUT2D eigenvalue weighted by atomic mass is 10.0. The quantitative estimate of drug-likeness (QED) is 0.378. The van der Waals surface area contributed by atoms with Gasteiger partial charge in [0.15, 0.2) is 0 Å². The van der Waals surface area contributed by atoms with E-state index in [2.05, 4.69) is 30.7 Å². The highest BCUT2D eigenvalue weighted by Crippen LogP contribution is 2.23. The van der Waals surface area contributed by atoms with Crippen molar-refractivity contribution >= 4 is 39.5 Å². The molecule has 1 atom stereocenters. The third kappa shape index (κ3) is 5.85. The van der Waals surface area contributed by atoms with E-state index in [1.165, 1.54) is 13.2 Å². The van der Waals surface area contributed by atoms with Crippen LogP contribution in [0.1, 0.15) is 38.7 Å². The number of halogens is 1. The summed E-state index contributed by atoms with van der Waals surface area (Å²) in [4.78, 5) is 46.7. The number of nitro benzene ring substituents is 1. The van der Waals surface area contributed by atoms with E-state index in [1.807, 2.05) is 0 Å². The molecular weight excluding hydrogens is 448 g/mol. The molecule has 0 aromatic heterocycles. The first kappa shape index (κ1) is 22.0. The van der Waals surface area contributed by atoms with Crippen LogP contribution in [0.25, 0.3) is 0 Å². The molecule has 0 fully saturated rings. The van der Waals surface area contributed by atoms with E-state index in [0.717, 1.165) is 23.7 Å². The number of benzene rings is 2. The largest absolute Gasteiger partial charge is 0.469 e. The first-order chi connectivity index (χ1) is 13.7. The van der Waals surface area contributed by atoms with Crippen LogP contribution >= 0.6 is 15.9 Å². The molecule has 1 unspecified atom stereocenters. The van der Waals surface area contributed by atoms with Gasteiger partial charge < -0.3 is 14.8 Å². The fraction of sp³-hybridized carbons (Fsp3) is 0.211. The number of esters is 2. The van der Waals surface area contributed by atoms with Crippen molar-refractivity contribution < 1.29 is 28.8 Å². The van der Waals surface area contributed by atoms with Crippen LogP contribution in [0.15, 0.2) is 46.9 Å². The molecule has 1 N–H and O–H groups in total. The average molecular weight is 465 g/mol. The Labute approximate surface area is 174 Å². The molecule has 0 spiro atoms. The van der Waals surface area contributed by atoms with Gasteiger partial charge in [-0.15, -0.1) is 0 Å². The van der Waals surface area contributed by atoms with Gasteiger partial charge in [-0.25, -0.2) is 4.79 Å². The molecule has 0 heterocycles. The lowest BCUT2D eigenvalue weighted by Crippen LogP contribution is -2.30. The van der Waals surface area contributed by atoms with E-state index in [-0.39, 0.29) is 17.5 Å². The minimum absolute atomic E-state index is 0.119. The molecule has 9 nitrogen and oxygen atoms in total. The number of hydrogen-bond acceptors (Lipinski definition) is 7. The summed E-state index contributed by atoms with van der Waals surface area (Å²) in [5, 5.41) is 13.8. The van der Waals surface area contributed by atoms with Crippen molar-refractivity contribution in [3.05, 3.63) is 73.7 Å². The number of nitrogens with zero attached hydrogens (tertiary/aromatic N) is 1. The molecule has 0 aliphatic carbocycles. The van der Waals surface area contributed by atoms with Crippen LogP contribution < -0.4 is 5.32 Å². The Kier molecular flexibility index (Phi) is 7.43. The van der Waals surface area contributed by atoms with Crippen molar-refractivity contribution in [2.24, 2.45) is 0 Å². The van der Waals surface area contributed by atoms with Gasteiger partial charge in [0.2, 0.25) is 0 Å². The van der Waals surface area contributed by atoms with Crippen molar-refractivity contribution in [3.8, 4) is 0 Å². The normalized spacial score (nSPS) is 11.3. The van der Waals surface area contributed by atoms with Gasteiger partial charge >= 0.3 is 11.9 Å². The summed E-state index contributed by atoms with van der Waals surface area (Å²) in [7, 11) is 2.35. The first-order valence-electron chi connectivity index (χ1n) is 8.26. The Morgan fingerprint density at radius 1 is 1.07 bits per heavy atom.